The Hall–Kier alpha value is -3.05. The molecular formula is C26H27ClN2O3. The molecule has 2 amide bonds. The van der Waals surface area contributed by atoms with Gasteiger partial charge in [-0.1, -0.05) is 72.8 Å². The molecule has 4 rings (SSSR count). The van der Waals surface area contributed by atoms with Crippen molar-refractivity contribution in [3.05, 3.63) is 83.9 Å². The van der Waals surface area contributed by atoms with Crippen LogP contribution in [0.15, 0.2) is 72.8 Å². The summed E-state index contributed by atoms with van der Waals surface area (Å²) in [5.74, 6) is 0. The highest BCUT2D eigenvalue weighted by Crippen LogP contribution is 2.32. The number of carbonyl (C=O) groups excluding carboxylic acids is 2. The van der Waals surface area contributed by atoms with Gasteiger partial charge in [-0.2, -0.15) is 0 Å². The van der Waals surface area contributed by atoms with Crippen LogP contribution in [0.25, 0.3) is 10.8 Å². The van der Waals surface area contributed by atoms with E-state index in [4.69, 9.17) is 16.3 Å². The number of hydrogen-bond acceptors (Lipinski definition) is 3. The van der Waals surface area contributed by atoms with Crippen LogP contribution < -0.4 is 0 Å². The fourth-order valence-electron chi connectivity index (χ4n) is 4.53. The quantitative estimate of drug-likeness (QED) is 0.335. The maximum atomic E-state index is 12.7. The molecule has 0 unspecified atom stereocenters. The van der Waals surface area contributed by atoms with Gasteiger partial charge >= 0.3 is 11.5 Å². The maximum Gasteiger partial charge on any atom is 0.410 e. The van der Waals surface area contributed by atoms with E-state index in [1.165, 1.54) is 0 Å². The number of amides is 2. The van der Waals surface area contributed by atoms with Gasteiger partial charge in [-0.25, -0.2) is 4.79 Å². The van der Waals surface area contributed by atoms with Gasteiger partial charge in [-0.3, -0.25) is 4.79 Å². The predicted molar refractivity (Wildman–Crippen MR) is 127 cm³/mol. The average molecular weight is 451 g/mol. The van der Waals surface area contributed by atoms with Crippen LogP contribution >= 0.6 is 11.6 Å². The van der Waals surface area contributed by atoms with Crippen molar-refractivity contribution < 1.29 is 14.3 Å². The third kappa shape index (κ3) is 4.89. The molecule has 0 bridgehead atoms. The normalized spacial score (nSPS) is 17.1. The van der Waals surface area contributed by atoms with Crippen LogP contribution in [0.4, 0.5) is 9.59 Å². The van der Waals surface area contributed by atoms with Gasteiger partial charge in [0.25, 0.3) is 0 Å². The summed E-state index contributed by atoms with van der Waals surface area (Å²) in [6.45, 7) is 3.23. The standard InChI is InChI=1S/C26H27ClN2O3/c1-19(23-15-7-12-21-11-5-6-14-24(21)23)29(25(27)30)22-13-8-16-28(17-22)26(31)32-18-20-9-3-2-4-10-20/h2-7,9-12,14-15,19,22H,8,13,16-18H2,1H3/t19-,22-/m1/s1. The minimum absolute atomic E-state index is 0.174. The summed E-state index contributed by atoms with van der Waals surface area (Å²) in [4.78, 5) is 28.6. The summed E-state index contributed by atoms with van der Waals surface area (Å²) >= 11 is 6.09. The first kappa shape index (κ1) is 22.2. The Labute approximate surface area is 193 Å². The van der Waals surface area contributed by atoms with Crippen molar-refractivity contribution >= 4 is 33.8 Å². The molecule has 0 aliphatic carbocycles. The van der Waals surface area contributed by atoms with Crippen LogP contribution in [0.1, 0.15) is 36.9 Å². The highest BCUT2D eigenvalue weighted by Gasteiger charge is 2.34. The van der Waals surface area contributed by atoms with E-state index in [2.05, 4.69) is 18.2 Å². The van der Waals surface area contributed by atoms with E-state index in [0.29, 0.717) is 13.1 Å². The number of benzene rings is 3. The molecule has 2 atom stereocenters. The van der Waals surface area contributed by atoms with Crippen LogP contribution in [0.2, 0.25) is 0 Å². The molecule has 0 radical (unpaired) electrons. The zero-order valence-corrected chi connectivity index (χ0v) is 18.9. The van der Waals surface area contributed by atoms with Gasteiger partial charge in [0.05, 0.1) is 12.1 Å². The first-order valence-corrected chi connectivity index (χ1v) is 11.3. The number of nitrogens with zero attached hydrogens (tertiary/aromatic N) is 2. The van der Waals surface area contributed by atoms with E-state index >= 15 is 0 Å². The van der Waals surface area contributed by atoms with Gasteiger partial charge in [0.1, 0.15) is 6.61 Å². The summed E-state index contributed by atoms with van der Waals surface area (Å²) in [6.07, 6.45) is 1.21. The Morgan fingerprint density at radius 1 is 1.06 bits per heavy atom. The lowest BCUT2D eigenvalue weighted by molar-refractivity contribution is 0.0636. The molecule has 1 fully saturated rings. The number of piperidine rings is 1. The first-order valence-electron chi connectivity index (χ1n) is 11.0. The number of rotatable bonds is 5. The molecule has 0 aromatic heterocycles. The maximum absolute atomic E-state index is 12.7. The van der Waals surface area contributed by atoms with Crippen molar-refractivity contribution in [3.8, 4) is 0 Å². The number of ether oxygens (including phenoxy) is 1. The fourth-order valence-corrected chi connectivity index (χ4v) is 4.82. The van der Waals surface area contributed by atoms with Crippen LogP contribution in [0.3, 0.4) is 0 Å². The summed E-state index contributed by atoms with van der Waals surface area (Å²) in [6, 6.07) is 23.4. The van der Waals surface area contributed by atoms with Gasteiger partial charge < -0.3 is 14.5 Å². The smallest absolute Gasteiger partial charge is 0.410 e. The van der Waals surface area contributed by atoms with Crippen molar-refractivity contribution in [1.82, 2.24) is 9.80 Å². The predicted octanol–water partition coefficient (Wildman–Crippen LogP) is 6.36. The molecule has 0 saturated carbocycles. The van der Waals surface area contributed by atoms with Gasteiger partial charge in [-0.05, 0) is 53.3 Å². The van der Waals surface area contributed by atoms with Crippen LogP contribution in [0, 0.1) is 0 Å². The lowest BCUT2D eigenvalue weighted by Crippen LogP contribution is -2.51. The Morgan fingerprint density at radius 3 is 2.56 bits per heavy atom. The van der Waals surface area contributed by atoms with Crippen LogP contribution in [0.5, 0.6) is 0 Å². The SMILES string of the molecule is C[C@H](c1cccc2ccccc12)N(C(=O)Cl)[C@@H]1CCCN(C(=O)OCc2ccccc2)C1. The monoisotopic (exact) mass is 450 g/mol. The van der Waals surface area contributed by atoms with Crippen molar-refractivity contribution in [2.75, 3.05) is 13.1 Å². The summed E-state index contributed by atoms with van der Waals surface area (Å²) in [5, 5.41) is 1.71. The van der Waals surface area contributed by atoms with E-state index in [1.807, 2.05) is 61.5 Å². The molecule has 6 heteroatoms. The minimum atomic E-state index is -0.505. The molecule has 5 nitrogen and oxygen atoms in total. The number of hydrogen-bond donors (Lipinski definition) is 0. The Bertz CT molecular complexity index is 1080. The third-order valence-electron chi connectivity index (χ3n) is 6.15. The van der Waals surface area contributed by atoms with Crippen molar-refractivity contribution in [3.63, 3.8) is 0 Å². The third-order valence-corrected chi connectivity index (χ3v) is 6.34. The van der Waals surface area contributed by atoms with Gasteiger partial charge in [-0.15, -0.1) is 0 Å². The largest absolute Gasteiger partial charge is 0.445 e. The zero-order chi connectivity index (χ0) is 22.5. The van der Waals surface area contributed by atoms with Crippen LogP contribution in [-0.4, -0.2) is 40.4 Å². The Balaban J connectivity index is 1.49. The second-order valence-electron chi connectivity index (χ2n) is 8.19. The number of carbonyl (C=O) groups is 2. The number of likely N-dealkylation sites (tertiary alicyclic amines) is 1. The lowest BCUT2D eigenvalue weighted by atomic mass is 9.96. The second kappa shape index (κ2) is 10.0. The molecular weight excluding hydrogens is 424 g/mol. The molecule has 3 aromatic rings. The van der Waals surface area contributed by atoms with Gasteiger partial charge in [0, 0.05) is 13.1 Å². The highest BCUT2D eigenvalue weighted by atomic mass is 35.5. The molecule has 1 heterocycles. The van der Waals surface area contributed by atoms with E-state index in [-0.39, 0.29) is 24.8 Å². The summed E-state index contributed by atoms with van der Waals surface area (Å²) in [5.41, 5.74) is 1.98. The molecule has 1 saturated heterocycles. The van der Waals surface area contributed by atoms with Crippen molar-refractivity contribution in [2.24, 2.45) is 0 Å². The molecule has 32 heavy (non-hydrogen) atoms. The molecule has 3 aromatic carbocycles. The highest BCUT2D eigenvalue weighted by molar-refractivity contribution is 6.62. The molecule has 166 valence electrons. The van der Waals surface area contributed by atoms with E-state index in [1.54, 1.807) is 9.80 Å². The average Bonchev–Trinajstić information content (AvgIpc) is 2.83. The van der Waals surface area contributed by atoms with E-state index in [0.717, 1.165) is 34.7 Å². The van der Waals surface area contributed by atoms with Crippen LogP contribution in [-0.2, 0) is 11.3 Å². The minimum Gasteiger partial charge on any atom is -0.445 e. The number of halogens is 1. The topological polar surface area (TPSA) is 49.9 Å². The Kier molecular flexibility index (Phi) is 6.96. The number of fused-ring (bicyclic) bond motifs is 1. The van der Waals surface area contributed by atoms with E-state index in [9.17, 15) is 9.59 Å². The fraction of sp³-hybridized carbons (Fsp3) is 0.308. The summed E-state index contributed by atoms with van der Waals surface area (Å²) in [7, 11) is 0. The van der Waals surface area contributed by atoms with Gasteiger partial charge in [0.2, 0.25) is 0 Å². The second-order valence-corrected chi connectivity index (χ2v) is 8.51. The van der Waals surface area contributed by atoms with Gasteiger partial charge in [0.15, 0.2) is 0 Å². The molecule has 1 aliphatic rings. The summed E-state index contributed by atoms with van der Waals surface area (Å²) < 4.78 is 5.51. The molecule has 0 spiro atoms. The van der Waals surface area contributed by atoms with Crippen molar-refractivity contribution in [2.45, 2.75) is 38.5 Å². The Morgan fingerprint density at radius 2 is 1.78 bits per heavy atom. The molecule has 1 aliphatic heterocycles. The first-order chi connectivity index (χ1) is 15.5. The van der Waals surface area contributed by atoms with E-state index < -0.39 is 5.37 Å². The zero-order valence-electron chi connectivity index (χ0n) is 18.1. The van der Waals surface area contributed by atoms with Crippen molar-refractivity contribution in [1.29, 1.82) is 0 Å². The molecule has 0 N–H and O–H groups in total. The lowest BCUT2D eigenvalue weighted by Gasteiger charge is -2.41.